The van der Waals surface area contributed by atoms with Crippen LogP contribution in [-0.4, -0.2) is 43.9 Å². The molecule has 0 spiro atoms. The molecule has 0 radical (unpaired) electrons. The molecule has 15 heavy (non-hydrogen) atoms. The lowest BCUT2D eigenvalue weighted by atomic mass is 10.4. The van der Waals surface area contributed by atoms with Gasteiger partial charge in [0.2, 0.25) is 0 Å². The Labute approximate surface area is 94.9 Å². The highest BCUT2D eigenvalue weighted by molar-refractivity contribution is 7.90. The van der Waals surface area contributed by atoms with Gasteiger partial charge in [0.15, 0.2) is 0 Å². The molecule has 6 heteroatoms. The van der Waals surface area contributed by atoms with Gasteiger partial charge in [-0.15, -0.1) is 11.3 Å². The van der Waals surface area contributed by atoms with Crippen molar-refractivity contribution >= 4 is 21.2 Å². The highest BCUT2D eigenvalue weighted by atomic mass is 32.2. The van der Waals surface area contributed by atoms with E-state index in [1.54, 1.807) is 11.3 Å². The van der Waals surface area contributed by atoms with Gasteiger partial charge in [0.1, 0.15) is 9.84 Å². The summed E-state index contributed by atoms with van der Waals surface area (Å²) in [4.78, 5) is 6.29. The Hall–Kier alpha value is -0.460. The van der Waals surface area contributed by atoms with Crippen molar-refractivity contribution in [1.29, 1.82) is 0 Å². The topological polar surface area (TPSA) is 50.3 Å². The molecule has 0 aliphatic rings. The molecule has 0 aliphatic heterocycles. The van der Waals surface area contributed by atoms with Crippen LogP contribution in [0, 0.1) is 6.92 Å². The number of aryl methyl sites for hydroxylation is 1. The van der Waals surface area contributed by atoms with Crippen molar-refractivity contribution < 1.29 is 8.42 Å². The molecule has 4 nitrogen and oxygen atoms in total. The molecule has 0 bridgehead atoms. The Morgan fingerprint density at radius 2 is 2.20 bits per heavy atom. The molecule has 0 atom stereocenters. The predicted octanol–water partition coefficient (Wildman–Crippen LogP) is 0.928. The van der Waals surface area contributed by atoms with Gasteiger partial charge >= 0.3 is 0 Å². The fraction of sp³-hybridized carbons (Fsp3) is 0.667. The van der Waals surface area contributed by atoms with Gasteiger partial charge in [-0.2, -0.15) is 0 Å². The monoisotopic (exact) mass is 248 g/mol. The van der Waals surface area contributed by atoms with Crippen molar-refractivity contribution in [3.8, 4) is 0 Å². The summed E-state index contributed by atoms with van der Waals surface area (Å²) in [7, 11) is -0.963. The SMILES string of the molecule is Cc1nc(CN(C)CCS(C)(=O)=O)cs1. The molecule has 0 unspecified atom stereocenters. The first kappa shape index (κ1) is 12.6. The summed E-state index contributed by atoms with van der Waals surface area (Å²) in [6.45, 7) is 3.22. The quantitative estimate of drug-likeness (QED) is 0.778. The van der Waals surface area contributed by atoms with Crippen molar-refractivity contribution in [3.05, 3.63) is 16.1 Å². The van der Waals surface area contributed by atoms with Crippen molar-refractivity contribution in [2.75, 3.05) is 25.6 Å². The third-order valence-electron chi connectivity index (χ3n) is 1.94. The van der Waals surface area contributed by atoms with Gasteiger partial charge in [-0.1, -0.05) is 0 Å². The number of thiazole rings is 1. The molecule has 0 saturated heterocycles. The summed E-state index contributed by atoms with van der Waals surface area (Å²) in [6.07, 6.45) is 1.26. The smallest absolute Gasteiger partial charge is 0.148 e. The van der Waals surface area contributed by atoms with Crippen LogP contribution in [0.5, 0.6) is 0 Å². The van der Waals surface area contributed by atoms with Gasteiger partial charge in [0.25, 0.3) is 0 Å². The van der Waals surface area contributed by atoms with E-state index in [1.807, 2.05) is 24.3 Å². The largest absolute Gasteiger partial charge is 0.300 e. The number of nitrogens with zero attached hydrogens (tertiary/aromatic N) is 2. The Morgan fingerprint density at radius 3 is 2.67 bits per heavy atom. The maximum Gasteiger partial charge on any atom is 0.148 e. The fourth-order valence-corrected chi connectivity index (χ4v) is 2.41. The average molecular weight is 248 g/mol. The van der Waals surface area contributed by atoms with Crippen molar-refractivity contribution in [2.24, 2.45) is 0 Å². The van der Waals surface area contributed by atoms with Crippen LogP contribution in [0.3, 0.4) is 0 Å². The normalized spacial score (nSPS) is 12.3. The van der Waals surface area contributed by atoms with Crippen molar-refractivity contribution in [2.45, 2.75) is 13.5 Å². The van der Waals surface area contributed by atoms with Gasteiger partial charge in [-0.05, 0) is 14.0 Å². The molecule has 1 aromatic rings. The first-order valence-electron chi connectivity index (χ1n) is 4.64. The molecule has 0 amide bonds. The van der Waals surface area contributed by atoms with E-state index in [0.717, 1.165) is 10.7 Å². The minimum Gasteiger partial charge on any atom is -0.300 e. The molecule has 1 aromatic heterocycles. The van der Waals surface area contributed by atoms with E-state index in [4.69, 9.17) is 0 Å². The summed E-state index contributed by atoms with van der Waals surface area (Å²) in [5.74, 6) is 0.201. The summed E-state index contributed by atoms with van der Waals surface area (Å²) in [5.41, 5.74) is 1.01. The van der Waals surface area contributed by atoms with Crippen LogP contribution in [0.1, 0.15) is 10.7 Å². The zero-order chi connectivity index (χ0) is 11.5. The third kappa shape index (κ3) is 5.25. The second-order valence-corrected chi connectivity index (χ2v) is 7.05. The Kier molecular flexibility index (Phi) is 4.24. The average Bonchev–Trinajstić information content (AvgIpc) is 2.47. The minimum atomic E-state index is -2.87. The van der Waals surface area contributed by atoms with Gasteiger partial charge in [0, 0.05) is 24.7 Å². The molecular weight excluding hydrogens is 232 g/mol. The predicted molar refractivity (Wildman–Crippen MR) is 62.9 cm³/mol. The maximum atomic E-state index is 11.0. The van der Waals surface area contributed by atoms with Crippen LogP contribution in [-0.2, 0) is 16.4 Å². The van der Waals surface area contributed by atoms with E-state index in [9.17, 15) is 8.42 Å². The number of hydrogen-bond acceptors (Lipinski definition) is 5. The van der Waals surface area contributed by atoms with Crippen LogP contribution in [0.4, 0.5) is 0 Å². The van der Waals surface area contributed by atoms with Gasteiger partial charge in [-0.25, -0.2) is 13.4 Å². The summed E-state index contributed by atoms with van der Waals surface area (Å²) >= 11 is 1.61. The molecule has 0 N–H and O–H groups in total. The van der Waals surface area contributed by atoms with E-state index >= 15 is 0 Å². The lowest BCUT2D eigenvalue weighted by Crippen LogP contribution is -2.25. The highest BCUT2D eigenvalue weighted by Crippen LogP contribution is 2.09. The van der Waals surface area contributed by atoms with Crippen molar-refractivity contribution in [1.82, 2.24) is 9.88 Å². The molecule has 0 aromatic carbocycles. The number of rotatable bonds is 5. The van der Waals surface area contributed by atoms with Crippen molar-refractivity contribution in [3.63, 3.8) is 0 Å². The molecule has 1 rings (SSSR count). The van der Waals surface area contributed by atoms with Gasteiger partial charge < -0.3 is 0 Å². The number of aromatic nitrogens is 1. The zero-order valence-electron chi connectivity index (χ0n) is 9.23. The Morgan fingerprint density at radius 1 is 1.53 bits per heavy atom. The van der Waals surface area contributed by atoms with Crippen LogP contribution < -0.4 is 0 Å². The standard InChI is InChI=1S/C9H16N2O2S2/c1-8-10-9(7-14-8)6-11(2)4-5-15(3,12)13/h7H,4-6H2,1-3H3. The first-order chi connectivity index (χ1) is 6.87. The van der Waals surface area contributed by atoms with E-state index < -0.39 is 9.84 Å². The molecule has 86 valence electrons. The fourth-order valence-electron chi connectivity index (χ4n) is 1.16. The first-order valence-corrected chi connectivity index (χ1v) is 7.58. The lowest BCUT2D eigenvalue weighted by Gasteiger charge is -2.13. The van der Waals surface area contributed by atoms with Crippen LogP contribution in [0.2, 0.25) is 0 Å². The zero-order valence-corrected chi connectivity index (χ0v) is 10.9. The second-order valence-electron chi connectivity index (χ2n) is 3.73. The van der Waals surface area contributed by atoms with Crippen LogP contribution >= 0.6 is 11.3 Å². The van der Waals surface area contributed by atoms with Gasteiger partial charge in [-0.3, -0.25) is 4.90 Å². The molecule has 1 heterocycles. The second kappa shape index (κ2) is 5.05. The van der Waals surface area contributed by atoms with E-state index in [-0.39, 0.29) is 5.75 Å². The summed E-state index contributed by atoms with van der Waals surface area (Å²) in [6, 6.07) is 0. The van der Waals surface area contributed by atoms with Gasteiger partial charge in [0.05, 0.1) is 16.5 Å². The molecular formula is C9H16N2O2S2. The molecule has 0 saturated carbocycles. The lowest BCUT2D eigenvalue weighted by molar-refractivity contribution is 0.342. The molecule has 0 aliphatic carbocycles. The van der Waals surface area contributed by atoms with E-state index in [0.29, 0.717) is 13.1 Å². The van der Waals surface area contributed by atoms with E-state index in [2.05, 4.69) is 4.98 Å². The summed E-state index contributed by atoms with van der Waals surface area (Å²) < 4.78 is 21.9. The Balaban J connectivity index is 2.40. The van der Waals surface area contributed by atoms with Crippen LogP contribution in [0.25, 0.3) is 0 Å². The van der Waals surface area contributed by atoms with Crippen LogP contribution in [0.15, 0.2) is 5.38 Å². The number of sulfone groups is 1. The summed E-state index contributed by atoms with van der Waals surface area (Å²) in [5, 5.41) is 3.05. The molecule has 0 fully saturated rings. The number of hydrogen-bond donors (Lipinski definition) is 0. The minimum absolute atomic E-state index is 0.201. The maximum absolute atomic E-state index is 11.0. The van der Waals surface area contributed by atoms with E-state index in [1.165, 1.54) is 6.26 Å². The third-order valence-corrected chi connectivity index (χ3v) is 3.69. The highest BCUT2D eigenvalue weighted by Gasteiger charge is 2.07. The Bertz CT molecular complexity index is 412.